The van der Waals surface area contributed by atoms with Crippen molar-refractivity contribution in [2.24, 2.45) is 0 Å². The van der Waals surface area contributed by atoms with E-state index in [0.29, 0.717) is 6.42 Å². The molecule has 0 aliphatic carbocycles. The van der Waals surface area contributed by atoms with Crippen LogP contribution in [0.2, 0.25) is 0 Å². The molecule has 0 saturated carbocycles. The van der Waals surface area contributed by atoms with Gasteiger partial charge in [-0.2, -0.15) is 0 Å². The molecule has 1 saturated heterocycles. The fourth-order valence-electron chi connectivity index (χ4n) is 2.49. The first-order valence-electron chi connectivity index (χ1n) is 6.48. The van der Waals surface area contributed by atoms with Gasteiger partial charge in [-0.1, -0.05) is 0 Å². The van der Waals surface area contributed by atoms with E-state index in [2.05, 4.69) is 10.3 Å². The number of carbonyl (C=O) groups is 1. The number of aromatic nitrogens is 1. The van der Waals surface area contributed by atoms with Crippen LogP contribution in [0.4, 0.5) is 4.39 Å². The molecule has 0 bridgehead atoms. The number of nitrogens with one attached hydrogen (secondary N) is 2. The molecule has 19 heavy (non-hydrogen) atoms. The van der Waals surface area contributed by atoms with Gasteiger partial charge in [-0.25, -0.2) is 4.39 Å². The Hall–Kier alpha value is -1.88. The summed E-state index contributed by atoms with van der Waals surface area (Å²) < 4.78 is 13.1. The normalized spacial score (nSPS) is 15.9. The van der Waals surface area contributed by atoms with Gasteiger partial charge in [0.1, 0.15) is 5.82 Å². The summed E-state index contributed by atoms with van der Waals surface area (Å²) in [5.41, 5.74) is 1.67. The predicted octanol–water partition coefficient (Wildman–Crippen LogP) is 1.28. The Bertz CT molecular complexity index is 602. The number of H-pyrrole nitrogens is 1. The van der Waals surface area contributed by atoms with E-state index in [1.807, 2.05) is 4.90 Å². The zero-order chi connectivity index (χ0) is 13.2. The quantitative estimate of drug-likeness (QED) is 0.855. The highest BCUT2D eigenvalue weighted by Crippen LogP contribution is 2.20. The summed E-state index contributed by atoms with van der Waals surface area (Å²) in [6.07, 6.45) is 2.16. The van der Waals surface area contributed by atoms with Crippen LogP contribution in [0.5, 0.6) is 0 Å². The van der Waals surface area contributed by atoms with Crippen molar-refractivity contribution in [3.63, 3.8) is 0 Å². The molecule has 5 heteroatoms. The van der Waals surface area contributed by atoms with Gasteiger partial charge in [-0.15, -0.1) is 0 Å². The summed E-state index contributed by atoms with van der Waals surface area (Å²) in [6.45, 7) is 3.22. The van der Waals surface area contributed by atoms with Crippen LogP contribution in [-0.2, 0) is 11.2 Å². The van der Waals surface area contributed by atoms with Crippen molar-refractivity contribution in [3.8, 4) is 0 Å². The number of hydrogen-bond acceptors (Lipinski definition) is 2. The molecule has 4 nitrogen and oxygen atoms in total. The third kappa shape index (κ3) is 2.46. The molecule has 3 rings (SSSR count). The van der Waals surface area contributed by atoms with Crippen LogP contribution in [0.25, 0.3) is 10.9 Å². The maximum Gasteiger partial charge on any atom is 0.227 e. The summed E-state index contributed by atoms with van der Waals surface area (Å²) in [4.78, 5) is 17.1. The maximum absolute atomic E-state index is 13.1. The predicted molar refractivity (Wildman–Crippen MR) is 71.4 cm³/mol. The Balaban J connectivity index is 1.79. The van der Waals surface area contributed by atoms with Crippen molar-refractivity contribution in [3.05, 3.63) is 35.8 Å². The van der Waals surface area contributed by atoms with Crippen LogP contribution in [0.3, 0.4) is 0 Å². The van der Waals surface area contributed by atoms with E-state index >= 15 is 0 Å². The molecule has 100 valence electrons. The number of piperazine rings is 1. The molecule has 0 radical (unpaired) electrons. The summed E-state index contributed by atoms with van der Waals surface area (Å²) >= 11 is 0. The lowest BCUT2D eigenvalue weighted by Crippen LogP contribution is -2.46. The average Bonchev–Trinajstić information content (AvgIpc) is 2.82. The van der Waals surface area contributed by atoms with Crippen molar-refractivity contribution >= 4 is 16.8 Å². The van der Waals surface area contributed by atoms with Crippen molar-refractivity contribution in [1.29, 1.82) is 0 Å². The van der Waals surface area contributed by atoms with Crippen molar-refractivity contribution in [1.82, 2.24) is 15.2 Å². The standard InChI is InChI=1S/C14H16FN3O/c15-11-1-2-12-10(9-17-13(12)8-11)7-14(19)18-5-3-16-4-6-18/h1-2,8-9,16-17H,3-7H2. The van der Waals surface area contributed by atoms with Crippen molar-refractivity contribution in [2.45, 2.75) is 6.42 Å². The number of halogens is 1. The zero-order valence-electron chi connectivity index (χ0n) is 10.6. The van der Waals surface area contributed by atoms with Gasteiger partial charge in [0.2, 0.25) is 5.91 Å². The summed E-state index contributed by atoms with van der Waals surface area (Å²) in [5, 5.41) is 4.14. The first kappa shape index (κ1) is 12.2. The number of aromatic amines is 1. The molecule has 2 aromatic rings. The molecule has 1 aliphatic rings. The highest BCUT2D eigenvalue weighted by molar-refractivity contribution is 5.89. The van der Waals surface area contributed by atoms with Gasteiger partial charge in [-0.3, -0.25) is 4.79 Å². The lowest BCUT2D eigenvalue weighted by molar-refractivity contribution is -0.131. The number of benzene rings is 1. The topological polar surface area (TPSA) is 48.1 Å². The second-order valence-corrected chi connectivity index (χ2v) is 4.81. The third-order valence-electron chi connectivity index (χ3n) is 3.54. The van der Waals surface area contributed by atoms with Gasteiger partial charge < -0.3 is 15.2 Å². The minimum atomic E-state index is -0.269. The Labute approximate surface area is 110 Å². The highest BCUT2D eigenvalue weighted by Gasteiger charge is 2.17. The van der Waals surface area contributed by atoms with E-state index in [9.17, 15) is 9.18 Å². The Kier molecular flexibility index (Phi) is 3.21. The van der Waals surface area contributed by atoms with Crippen LogP contribution in [0, 0.1) is 5.82 Å². The Morgan fingerprint density at radius 3 is 2.89 bits per heavy atom. The largest absolute Gasteiger partial charge is 0.361 e. The molecule has 2 N–H and O–H groups in total. The van der Waals surface area contributed by atoms with E-state index in [4.69, 9.17) is 0 Å². The van der Waals surface area contributed by atoms with Gasteiger partial charge in [0.25, 0.3) is 0 Å². The first-order chi connectivity index (χ1) is 9.24. The molecule has 1 aliphatic heterocycles. The van der Waals surface area contributed by atoms with Crippen molar-refractivity contribution < 1.29 is 9.18 Å². The van der Waals surface area contributed by atoms with E-state index in [1.165, 1.54) is 12.1 Å². The number of nitrogens with zero attached hydrogens (tertiary/aromatic N) is 1. The van der Waals surface area contributed by atoms with Crippen LogP contribution in [-0.4, -0.2) is 42.0 Å². The number of hydrogen-bond donors (Lipinski definition) is 2. The molecule has 1 aromatic heterocycles. The SMILES string of the molecule is O=C(Cc1c[nH]c2cc(F)ccc12)N1CCNCC1. The van der Waals surface area contributed by atoms with Crippen LogP contribution in [0.15, 0.2) is 24.4 Å². The monoisotopic (exact) mass is 261 g/mol. The minimum absolute atomic E-state index is 0.131. The van der Waals surface area contributed by atoms with Gasteiger partial charge in [0, 0.05) is 43.3 Å². The minimum Gasteiger partial charge on any atom is -0.361 e. The molecule has 1 aromatic carbocycles. The summed E-state index contributed by atoms with van der Waals surface area (Å²) in [5.74, 6) is -0.138. The summed E-state index contributed by atoms with van der Waals surface area (Å²) in [7, 11) is 0. The fraction of sp³-hybridized carbons (Fsp3) is 0.357. The molecule has 1 fully saturated rings. The summed E-state index contributed by atoms with van der Waals surface area (Å²) in [6, 6.07) is 4.60. The molecular weight excluding hydrogens is 245 g/mol. The second kappa shape index (κ2) is 5.01. The van der Waals surface area contributed by atoms with E-state index < -0.39 is 0 Å². The van der Waals surface area contributed by atoms with E-state index in [1.54, 1.807) is 12.3 Å². The van der Waals surface area contributed by atoms with Crippen LogP contribution in [0.1, 0.15) is 5.56 Å². The molecule has 1 amide bonds. The second-order valence-electron chi connectivity index (χ2n) is 4.81. The maximum atomic E-state index is 13.1. The zero-order valence-corrected chi connectivity index (χ0v) is 10.6. The molecule has 0 unspecified atom stereocenters. The Morgan fingerprint density at radius 2 is 2.11 bits per heavy atom. The van der Waals surface area contributed by atoms with Gasteiger partial charge in [-0.05, 0) is 23.8 Å². The van der Waals surface area contributed by atoms with Crippen molar-refractivity contribution in [2.75, 3.05) is 26.2 Å². The number of rotatable bonds is 2. The van der Waals surface area contributed by atoms with E-state index in [0.717, 1.165) is 42.6 Å². The molecule has 2 heterocycles. The number of amides is 1. The third-order valence-corrected chi connectivity index (χ3v) is 3.54. The molecule has 0 spiro atoms. The molecular formula is C14H16FN3O. The molecule has 0 atom stereocenters. The lowest BCUT2D eigenvalue weighted by Gasteiger charge is -2.27. The van der Waals surface area contributed by atoms with Crippen LogP contribution < -0.4 is 5.32 Å². The smallest absolute Gasteiger partial charge is 0.227 e. The van der Waals surface area contributed by atoms with Gasteiger partial charge in [0.05, 0.1) is 6.42 Å². The highest BCUT2D eigenvalue weighted by atomic mass is 19.1. The van der Waals surface area contributed by atoms with Gasteiger partial charge in [0.15, 0.2) is 0 Å². The van der Waals surface area contributed by atoms with E-state index in [-0.39, 0.29) is 11.7 Å². The van der Waals surface area contributed by atoms with Gasteiger partial charge >= 0.3 is 0 Å². The number of fused-ring (bicyclic) bond motifs is 1. The fourth-order valence-corrected chi connectivity index (χ4v) is 2.49. The lowest BCUT2D eigenvalue weighted by atomic mass is 10.1. The first-order valence-corrected chi connectivity index (χ1v) is 6.48. The Morgan fingerprint density at radius 1 is 1.32 bits per heavy atom. The number of carbonyl (C=O) groups excluding carboxylic acids is 1. The average molecular weight is 261 g/mol. The van der Waals surface area contributed by atoms with Crippen LogP contribution >= 0.6 is 0 Å².